The number of hydrogen-bond donors (Lipinski definition) is 2. The SMILES string of the molecule is CC(c1ccccc1Cl)N(C)C(=NC1CCCCC1)NN. The van der Waals surface area contributed by atoms with E-state index in [2.05, 4.69) is 17.2 Å². The Morgan fingerprint density at radius 3 is 2.62 bits per heavy atom. The van der Waals surface area contributed by atoms with E-state index in [-0.39, 0.29) is 6.04 Å². The highest BCUT2D eigenvalue weighted by molar-refractivity contribution is 6.31. The fourth-order valence-electron chi connectivity index (χ4n) is 2.82. The Labute approximate surface area is 132 Å². The van der Waals surface area contributed by atoms with Gasteiger partial charge in [0.2, 0.25) is 5.96 Å². The second-order valence-electron chi connectivity index (χ2n) is 5.70. The van der Waals surface area contributed by atoms with Crippen LogP contribution in [-0.4, -0.2) is 23.9 Å². The molecule has 1 fully saturated rings. The lowest BCUT2D eigenvalue weighted by molar-refractivity contribution is 0.375. The highest BCUT2D eigenvalue weighted by Crippen LogP contribution is 2.27. The Kier molecular flexibility index (Phi) is 5.88. The summed E-state index contributed by atoms with van der Waals surface area (Å²) < 4.78 is 0. The van der Waals surface area contributed by atoms with E-state index in [1.807, 2.05) is 31.3 Å². The summed E-state index contributed by atoms with van der Waals surface area (Å²) in [5, 5.41) is 0.769. The van der Waals surface area contributed by atoms with E-state index >= 15 is 0 Å². The Bertz CT molecular complexity index is 483. The third kappa shape index (κ3) is 4.11. The molecule has 1 aromatic carbocycles. The van der Waals surface area contributed by atoms with Crippen molar-refractivity contribution in [2.75, 3.05) is 7.05 Å². The molecule has 5 heteroatoms. The lowest BCUT2D eigenvalue weighted by Gasteiger charge is -2.30. The number of nitrogens with zero attached hydrogens (tertiary/aromatic N) is 2. The summed E-state index contributed by atoms with van der Waals surface area (Å²) in [6.45, 7) is 2.11. The predicted octanol–water partition coefficient (Wildman–Crippen LogP) is 3.48. The van der Waals surface area contributed by atoms with Gasteiger partial charge in [-0.2, -0.15) is 0 Å². The molecule has 4 nitrogen and oxygen atoms in total. The van der Waals surface area contributed by atoms with E-state index in [1.54, 1.807) is 0 Å². The largest absolute Gasteiger partial charge is 0.338 e. The van der Waals surface area contributed by atoms with E-state index < -0.39 is 0 Å². The van der Waals surface area contributed by atoms with E-state index in [4.69, 9.17) is 22.4 Å². The van der Waals surface area contributed by atoms with Gasteiger partial charge in [0.05, 0.1) is 12.1 Å². The zero-order valence-electron chi connectivity index (χ0n) is 12.8. The van der Waals surface area contributed by atoms with Crippen LogP contribution in [0.3, 0.4) is 0 Å². The molecule has 1 aliphatic carbocycles. The molecule has 1 unspecified atom stereocenters. The van der Waals surface area contributed by atoms with Gasteiger partial charge in [-0.3, -0.25) is 5.43 Å². The predicted molar refractivity (Wildman–Crippen MR) is 89.3 cm³/mol. The minimum atomic E-state index is 0.108. The van der Waals surface area contributed by atoms with Crippen molar-refractivity contribution in [3.8, 4) is 0 Å². The minimum Gasteiger partial charge on any atom is -0.338 e. The van der Waals surface area contributed by atoms with Crippen molar-refractivity contribution in [3.05, 3.63) is 34.9 Å². The van der Waals surface area contributed by atoms with Crippen molar-refractivity contribution in [2.45, 2.75) is 51.1 Å². The maximum Gasteiger partial charge on any atom is 0.208 e. The number of hydrazine groups is 1. The van der Waals surface area contributed by atoms with Crippen LogP contribution in [-0.2, 0) is 0 Å². The van der Waals surface area contributed by atoms with Crippen LogP contribution in [0.25, 0.3) is 0 Å². The highest BCUT2D eigenvalue weighted by Gasteiger charge is 2.19. The molecule has 0 bridgehead atoms. The molecule has 0 aromatic heterocycles. The summed E-state index contributed by atoms with van der Waals surface area (Å²) >= 11 is 6.28. The smallest absolute Gasteiger partial charge is 0.208 e. The molecule has 0 radical (unpaired) electrons. The normalized spacial score (nSPS) is 18.4. The second-order valence-corrected chi connectivity index (χ2v) is 6.10. The molecular formula is C16H25ClN4. The molecule has 116 valence electrons. The van der Waals surface area contributed by atoms with Gasteiger partial charge in [-0.25, -0.2) is 10.8 Å². The molecule has 0 amide bonds. The molecule has 1 aromatic rings. The summed E-state index contributed by atoms with van der Waals surface area (Å²) in [7, 11) is 2.00. The molecule has 1 aliphatic rings. The van der Waals surface area contributed by atoms with Crippen LogP contribution in [0.2, 0.25) is 5.02 Å². The Morgan fingerprint density at radius 1 is 1.33 bits per heavy atom. The maximum atomic E-state index is 6.28. The van der Waals surface area contributed by atoms with Gasteiger partial charge >= 0.3 is 0 Å². The summed E-state index contributed by atoms with van der Waals surface area (Å²) in [5.41, 5.74) is 3.83. The first-order chi connectivity index (χ1) is 10.1. The van der Waals surface area contributed by atoms with Gasteiger partial charge in [0.25, 0.3) is 0 Å². The first-order valence-corrected chi connectivity index (χ1v) is 8.03. The van der Waals surface area contributed by atoms with Gasteiger partial charge in [0, 0.05) is 12.1 Å². The van der Waals surface area contributed by atoms with Crippen LogP contribution in [0.1, 0.15) is 50.6 Å². The van der Waals surface area contributed by atoms with Crippen LogP contribution in [0.4, 0.5) is 0 Å². The molecule has 0 heterocycles. The number of nitrogens with two attached hydrogens (primary N) is 1. The lowest BCUT2D eigenvalue weighted by Crippen LogP contribution is -2.44. The van der Waals surface area contributed by atoms with E-state index in [0.717, 1.165) is 29.4 Å². The average Bonchev–Trinajstić information content (AvgIpc) is 2.53. The fraction of sp³-hybridized carbons (Fsp3) is 0.562. The summed E-state index contributed by atoms with van der Waals surface area (Å²) in [5.74, 6) is 6.42. The van der Waals surface area contributed by atoms with E-state index in [9.17, 15) is 0 Å². The number of aliphatic imine (C=N–C) groups is 1. The first kappa shape index (κ1) is 16.1. The number of benzene rings is 1. The van der Waals surface area contributed by atoms with Crippen LogP contribution in [0.5, 0.6) is 0 Å². The van der Waals surface area contributed by atoms with Gasteiger partial charge in [0.1, 0.15) is 0 Å². The quantitative estimate of drug-likeness (QED) is 0.389. The second kappa shape index (κ2) is 7.66. The van der Waals surface area contributed by atoms with Crippen LogP contribution in [0, 0.1) is 0 Å². The van der Waals surface area contributed by atoms with Gasteiger partial charge in [-0.05, 0) is 31.4 Å². The van der Waals surface area contributed by atoms with Gasteiger partial charge < -0.3 is 4.90 Å². The number of hydrogen-bond acceptors (Lipinski definition) is 2. The molecular weight excluding hydrogens is 284 g/mol. The first-order valence-electron chi connectivity index (χ1n) is 7.65. The molecule has 0 spiro atoms. The van der Waals surface area contributed by atoms with Gasteiger partial charge in [-0.15, -0.1) is 0 Å². The van der Waals surface area contributed by atoms with Gasteiger partial charge in [-0.1, -0.05) is 49.1 Å². The maximum absolute atomic E-state index is 6.28. The van der Waals surface area contributed by atoms with Crippen molar-refractivity contribution in [1.82, 2.24) is 10.3 Å². The van der Waals surface area contributed by atoms with Crippen LogP contribution < -0.4 is 11.3 Å². The summed E-state index contributed by atoms with van der Waals surface area (Å²) in [6, 6.07) is 8.38. The molecule has 21 heavy (non-hydrogen) atoms. The number of halogens is 1. The zero-order chi connectivity index (χ0) is 15.2. The van der Waals surface area contributed by atoms with E-state index in [1.165, 1.54) is 19.3 Å². The summed E-state index contributed by atoms with van der Waals surface area (Å²) in [4.78, 5) is 6.84. The fourth-order valence-corrected chi connectivity index (χ4v) is 3.11. The molecule has 0 saturated heterocycles. The van der Waals surface area contributed by atoms with Crippen molar-refractivity contribution in [2.24, 2.45) is 10.8 Å². The lowest BCUT2D eigenvalue weighted by atomic mass is 9.96. The Morgan fingerprint density at radius 2 is 2.00 bits per heavy atom. The molecule has 1 saturated carbocycles. The Balaban J connectivity index is 2.13. The third-order valence-electron chi connectivity index (χ3n) is 4.28. The topological polar surface area (TPSA) is 53.6 Å². The molecule has 2 rings (SSSR count). The Hall–Kier alpha value is -1.26. The zero-order valence-corrected chi connectivity index (χ0v) is 13.6. The standard InChI is InChI=1S/C16H25ClN4/c1-12(14-10-6-7-11-15(14)17)21(2)16(20-18)19-13-8-4-3-5-9-13/h6-7,10-13H,3-5,8-9,18H2,1-2H3,(H,19,20). The van der Waals surface area contributed by atoms with Crippen molar-refractivity contribution in [3.63, 3.8) is 0 Å². The molecule has 3 N–H and O–H groups in total. The number of nitrogens with one attached hydrogen (secondary N) is 1. The van der Waals surface area contributed by atoms with Gasteiger partial charge in [0.15, 0.2) is 0 Å². The van der Waals surface area contributed by atoms with Crippen LogP contribution >= 0.6 is 11.6 Å². The summed E-state index contributed by atoms with van der Waals surface area (Å²) in [6.07, 6.45) is 6.15. The van der Waals surface area contributed by atoms with E-state index in [0.29, 0.717) is 6.04 Å². The van der Waals surface area contributed by atoms with Crippen molar-refractivity contribution >= 4 is 17.6 Å². The average molecular weight is 309 g/mol. The monoisotopic (exact) mass is 308 g/mol. The number of guanidine groups is 1. The van der Waals surface area contributed by atoms with Crippen LogP contribution in [0.15, 0.2) is 29.3 Å². The highest BCUT2D eigenvalue weighted by atomic mass is 35.5. The number of rotatable bonds is 3. The van der Waals surface area contributed by atoms with Crippen molar-refractivity contribution in [1.29, 1.82) is 0 Å². The third-order valence-corrected chi connectivity index (χ3v) is 4.62. The molecule has 0 aliphatic heterocycles. The van der Waals surface area contributed by atoms with Crippen molar-refractivity contribution < 1.29 is 0 Å². The molecule has 1 atom stereocenters. The minimum absolute atomic E-state index is 0.108.